The lowest BCUT2D eigenvalue weighted by molar-refractivity contribution is -0.384. The Kier molecular flexibility index (Phi) is 4.81. The van der Waals surface area contributed by atoms with Crippen molar-refractivity contribution in [3.05, 3.63) is 69.5 Å². The van der Waals surface area contributed by atoms with E-state index < -0.39 is 38.5 Å². The quantitative estimate of drug-likeness (QED) is 0.502. The molecule has 3 rings (SSSR count). The summed E-state index contributed by atoms with van der Waals surface area (Å²) in [7, 11) is -3.72. The summed E-state index contributed by atoms with van der Waals surface area (Å²) in [5.41, 5.74) is 0.343. The van der Waals surface area contributed by atoms with Gasteiger partial charge in [-0.2, -0.15) is 0 Å². The first-order valence-corrected chi connectivity index (χ1v) is 9.84. The molecule has 0 saturated carbocycles. The summed E-state index contributed by atoms with van der Waals surface area (Å²) in [6, 6.07) is 9.03. The fourth-order valence-electron chi connectivity index (χ4n) is 3.54. The number of rotatable bonds is 3. The van der Waals surface area contributed by atoms with Crippen molar-refractivity contribution in [3.8, 4) is 0 Å². The van der Waals surface area contributed by atoms with Crippen LogP contribution in [0.2, 0.25) is 0 Å². The second-order valence-corrected chi connectivity index (χ2v) is 8.45. The first-order chi connectivity index (χ1) is 12.2. The van der Waals surface area contributed by atoms with Gasteiger partial charge in [0.05, 0.1) is 21.7 Å². The fraction of sp³-hybridized carbons (Fsp3) is 0.333. The summed E-state index contributed by atoms with van der Waals surface area (Å²) >= 11 is 0. The van der Waals surface area contributed by atoms with Crippen molar-refractivity contribution in [1.82, 2.24) is 0 Å². The zero-order valence-electron chi connectivity index (χ0n) is 14.0. The maximum Gasteiger partial charge on any atom is 0.269 e. The van der Waals surface area contributed by atoms with E-state index in [2.05, 4.69) is 0 Å². The zero-order valence-corrected chi connectivity index (χ0v) is 14.8. The number of fused-ring (bicyclic) bond motifs is 1. The van der Waals surface area contributed by atoms with Crippen LogP contribution in [0.25, 0.3) is 0 Å². The number of nitro benzene ring substituents is 1. The monoisotopic (exact) mass is 379 g/mol. The van der Waals surface area contributed by atoms with E-state index in [-0.39, 0.29) is 21.9 Å². The summed E-state index contributed by atoms with van der Waals surface area (Å²) in [5, 5.41) is 22.0. The highest BCUT2D eigenvalue weighted by molar-refractivity contribution is 7.91. The molecule has 0 spiro atoms. The Balaban J connectivity index is 2.28. The van der Waals surface area contributed by atoms with Crippen LogP contribution in [0.4, 0.5) is 10.1 Å². The molecular formula is C18H18FNO5S. The number of nitrogens with zero attached hydrogens (tertiary/aromatic N) is 1. The van der Waals surface area contributed by atoms with E-state index in [9.17, 15) is 28.0 Å². The summed E-state index contributed by atoms with van der Waals surface area (Å²) < 4.78 is 39.4. The second-order valence-electron chi connectivity index (χ2n) is 6.45. The summed E-state index contributed by atoms with van der Waals surface area (Å²) in [6.07, 6.45) is -0.706. The molecule has 2 aromatic carbocycles. The number of sulfone groups is 1. The Bertz CT molecular complexity index is 960. The highest BCUT2D eigenvalue weighted by Crippen LogP contribution is 2.41. The van der Waals surface area contributed by atoms with E-state index in [1.54, 1.807) is 13.0 Å². The van der Waals surface area contributed by atoms with E-state index in [1.165, 1.54) is 24.3 Å². The van der Waals surface area contributed by atoms with Gasteiger partial charge in [-0.05, 0) is 41.7 Å². The van der Waals surface area contributed by atoms with E-state index in [0.717, 1.165) is 12.1 Å². The Hall–Kier alpha value is -2.32. The summed E-state index contributed by atoms with van der Waals surface area (Å²) in [6.45, 7) is 1.77. The lowest BCUT2D eigenvalue weighted by Gasteiger charge is -2.27. The topological polar surface area (TPSA) is 97.5 Å². The van der Waals surface area contributed by atoms with Gasteiger partial charge >= 0.3 is 0 Å². The van der Waals surface area contributed by atoms with Crippen LogP contribution in [-0.2, 0) is 9.84 Å². The molecule has 0 aliphatic carbocycles. The van der Waals surface area contributed by atoms with Crippen LogP contribution in [0, 0.1) is 21.8 Å². The Morgan fingerprint density at radius 1 is 1.27 bits per heavy atom. The molecule has 1 heterocycles. The molecule has 0 saturated heterocycles. The molecule has 0 aromatic heterocycles. The minimum absolute atomic E-state index is 0.0367. The number of non-ortho nitro benzene ring substituents is 1. The van der Waals surface area contributed by atoms with Gasteiger partial charge < -0.3 is 5.11 Å². The minimum atomic E-state index is -3.72. The summed E-state index contributed by atoms with van der Waals surface area (Å²) in [5.74, 6) is -2.33. The first kappa shape index (κ1) is 18.5. The highest BCUT2D eigenvalue weighted by atomic mass is 32.2. The Morgan fingerprint density at radius 3 is 2.65 bits per heavy atom. The van der Waals surface area contributed by atoms with Crippen LogP contribution in [0.5, 0.6) is 0 Å². The molecule has 0 bridgehead atoms. The predicted molar refractivity (Wildman–Crippen MR) is 93.2 cm³/mol. The standard InChI is InChI=1S/C18H18FNO5S/c1-2-11-10-26(24,25)16-7-6-13(19)9-15(16)17(18(11)21)12-4-3-5-14(8-12)20(22)23/h3-9,11,17-18,21H,2,10H2,1H3/t11-,17+,18-/m1/s1. The van der Waals surface area contributed by atoms with Crippen LogP contribution in [0.15, 0.2) is 47.4 Å². The normalized spacial score (nSPS) is 24.5. The molecule has 26 heavy (non-hydrogen) atoms. The zero-order chi connectivity index (χ0) is 19.1. The van der Waals surface area contributed by atoms with Crippen LogP contribution in [0.3, 0.4) is 0 Å². The molecule has 1 aliphatic heterocycles. The van der Waals surface area contributed by atoms with Gasteiger partial charge in [0.15, 0.2) is 9.84 Å². The molecular weight excluding hydrogens is 361 g/mol. The van der Waals surface area contributed by atoms with Gasteiger partial charge in [-0.15, -0.1) is 0 Å². The third-order valence-electron chi connectivity index (χ3n) is 4.86. The van der Waals surface area contributed by atoms with Crippen molar-refractivity contribution in [1.29, 1.82) is 0 Å². The second kappa shape index (κ2) is 6.77. The van der Waals surface area contributed by atoms with Gasteiger partial charge in [0.25, 0.3) is 5.69 Å². The number of aliphatic hydroxyl groups is 1. The number of halogens is 1. The average Bonchev–Trinajstić information content (AvgIpc) is 2.67. The van der Waals surface area contributed by atoms with Gasteiger partial charge in [0.1, 0.15) is 5.82 Å². The Morgan fingerprint density at radius 2 is 2.00 bits per heavy atom. The van der Waals surface area contributed by atoms with Gasteiger partial charge in [-0.1, -0.05) is 19.1 Å². The molecule has 138 valence electrons. The molecule has 6 nitrogen and oxygen atoms in total. The molecule has 0 fully saturated rings. The van der Waals surface area contributed by atoms with Crippen molar-refractivity contribution in [2.45, 2.75) is 30.3 Å². The maximum absolute atomic E-state index is 13.9. The summed E-state index contributed by atoms with van der Waals surface area (Å²) in [4.78, 5) is 10.5. The predicted octanol–water partition coefficient (Wildman–Crippen LogP) is 3.04. The average molecular weight is 379 g/mol. The third kappa shape index (κ3) is 3.22. The van der Waals surface area contributed by atoms with Gasteiger partial charge in [-0.3, -0.25) is 10.1 Å². The van der Waals surface area contributed by atoms with Crippen molar-refractivity contribution in [2.24, 2.45) is 5.92 Å². The van der Waals surface area contributed by atoms with Crippen molar-refractivity contribution in [2.75, 3.05) is 5.75 Å². The number of aliphatic hydroxyl groups excluding tert-OH is 1. The lowest BCUT2D eigenvalue weighted by Crippen LogP contribution is -2.30. The lowest BCUT2D eigenvalue weighted by atomic mass is 9.80. The van der Waals surface area contributed by atoms with E-state index in [0.29, 0.717) is 12.0 Å². The highest BCUT2D eigenvalue weighted by Gasteiger charge is 2.40. The molecule has 3 atom stereocenters. The van der Waals surface area contributed by atoms with E-state index in [4.69, 9.17) is 0 Å². The van der Waals surface area contributed by atoms with Crippen molar-refractivity contribution in [3.63, 3.8) is 0 Å². The van der Waals surface area contributed by atoms with Crippen molar-refractivity contribution < 1.29 is 22.8 Å². The smallest absolute Gasteiger partial charge is 0.269 e. The fourth-order valence-corrected chi connectivity index (χ4v) is 5.54. The van der Waals surface area contributed by atoms with Gasteiger partial charge in [0, 0.05) is 18.1 Å². The SMILES string of the molecule is CC[C@@H]1CS(=O)(=O)c2ccc(F)cc2[C@H](c2cccc([N+](=O)[O-])c2)[C@@H]1O. The number of nitro groups is 1. The molecule has 0 unspecified atom stereocenters. The maximum atomic E-state index is 13.9. The first-order valence-electron chi connectivity index (χ1n) is 8.19. The molecule has 1 aliphatic rings. The van der Waals surface area contributed by atoms with Crippen molar-refractivity contribution >= 4 is 15.5 Å². The third-order valence-corrected chi connectivity index (χ3v) is 6.77. The van der Waals surface area contributed by atoms with Gasteiger partial charge in [-0.25, -0.2) is 12.8 Å². The largest absolute Gasteiger partial charge is 0.392 e. The van der Waals surface area contributed by atoms with E-state index in [1.807, 2.05) is 0 Å². The van der Waals surface area contributed by atoms with E-state index >= 15 is 0 Å². The van der Waals surface area contributed by atoms with Crippen LogP contribution in [0.1, 0.15) is 30.4 Å². The molecule has 0 radical (unpaired) electrons. The molecule has 8 heteroatoms. The molecule has 1 N–H and O–H groups in total. The number of benzene rings is 2. The Labute approximate surface area is 150 Å². The molecule has 0 amide bonds. The number of hydrogen-bond acceptors (Lipinski definition) is 5. The van der Waals surface area contributed by atoms with Crippen LogP contribution < -0.4 is 0 Å². The minimum Gasteiger partial charge on any atom is -0.392 e. The van der Waals surface area contributed by atoms with Crippen LogP contribution >= 0.6 is 0 Å². The van der Waals surface area contributed by atoms with Crippen LogP contribution in [-0.4, -0.2) is 30.3 Å². The molecule has 2 aromatic rings. The number of hydrogen-bond donors (Lipinski definition) is 1. The van der Waals surface area contributed by atoms with Gasteiger partial charge in [0.2, 0.25) is 0 Å².